The van der Waals surface area contributed by atoms with Crippen molar-refractivity contribution in [1.82, 2.24) is 0 Å². The Labute approximate surface area is 125 Å². The van der Waals surface area contributed by atoms with Gasteiger partial charge in [0.15, 0.2) is 0 Å². The van der Waals surface area contributed by atoms with E-state index in [1.165, 1.54) is 12.0 Å². The molecule has 2 unspecified atom stereocenters. The van der Waals surface area contributed by atoms with Crippen LogP contribution in [0.3, 0.4) is 0 Å². The molecule has 0 aromatic heterocycles. The van der Waals surface area contributed by atoms with Crippen molar-refractivity contribution in [2.24, 2.45) is 17.1 Å². The summed E-state index contributed by atoms with van der Waals surface area (Å²) in [5.41, 5.74) is 8.94. The monoisotopic (exact) mass is 324 g/mol. The van der Waals surface area contributed by atoms with Crippen molar-refractivity contribution in [1.29, 1.82) is 0 Å². The van der Waals surface area contributed by atoms with Crippen LogP contribution in [-0.2, 0) is 0 Å². The maximum atomic E-state index is 6.14. The summed E-state index contributed by atoms with van der Waals surface area (Å²) < 4.78 is 1.11. The van der Waals surface area contributed by atoms with Crippen molar-refractivity contribution in [3.05, 3.63) is 28.2 Å². The average molecular weight is 325 g/mol. The first-order chi connectivity index (χ1) is 8.78. The first-order valence-corrected chi connectivity index (χ1v) is 7.82. The summed E-state index contributed by atoms with van der Waals surface area (Å²) in [5.74, 6) is 0.583. The Morgan fingerprint density at radius 1 is 1.42 bits per heavy atom. The van der Waals surface area contributed by atoms with Crippen molar-refractivity contribution in [3.63, 3.8) is 0 Å². The van der Waals surface area contributed by atoms with E-state index in [1.807, 2.05) is 0 Å². The number of benzene rings is 1. The van der Waals surface area contributed by atoms with Crippen molar-refractivity contribution in [2.45, 2.75) is 46.1 Å². The Morgan fingerprint density at radius 2 is 2.11 bits per heavy atom. The van der Waals surface area contributed by atoms with Crippen LogP contribution in [0.5, 0.6) is 0 Å². The normalized spacial score (nSPS) is 29.5. The minimum absolute atomic E-state index is 0.0137. The summed E-state index contributed by atoms with van der Waals surface area (Å²) >= 11 is 3.64. The molecule has 1 aromatic carbocycles. The summed E-state index contributed by atoms with van der Waals surface area (Å²) in [6.07, 6.45) is 2.35. The zero-order valence-electron chi connectivity index (χ0n) is 12.4. The lowest BCUT2D eigenvalue weighted by Crippen LogP contribution is -2.48. The van der Waals surface area contributed by atoms with Crippen LogP contribution in [0.25, 0.3) is 0 Å². The van der Waals surface area contributed by atoms with Crippen molar-refractivity contribution in [3.8, 4) is 0 Å². The Balaban J connectivity index is 2.31. The van der Waals surface area contributed by atoms with E-state index >= 15 is 0 Å². The summed E-state index contributed by atoms with van der Waals surface area (Å²) in [4.78, 5) is 0. The lowest BCUT2D eigenvalue weighted by atomic mass is 9.86. The van der Waals surface area contributed by atoms with Gasteiger partial charge in [0.2, 0.25) is 0 Å². The van der Waals surface area contributed by atoms with Crippen LogP contribution in [0.2, 0.25) is 0 Å². The van der Waals surface area contributed by atoms with Gasteiger partial charge in [0.25, 0.3) is 0 Å². The number of halogens is 1. The summed E-state index contributed by atoms with van der Waals surface area (Å²) in [5, 5.41) is 3.75. The van der Waals surface area contributed by atoms with Gasteiger partial charge in [0.05, 0.1) is 5.54 Å². The van der Waals surface area contributed by atoms with E-state index in [9.17, 15) is 0 Å². The molecular formula is C16H25BrN2. The fraction of sp³-hybridized carbons (Fsp3) is 0.625. The van der Waals surface area contributed by atoms with Gasteiger partial charge in [-0.25, -0.2) is 0 Å². The highest BCUT2D eigenvalue weighted by molar-refractivity contribution is 9.10. The Morgan fingerprint density at radius 3 is 2.63 bits per heavy atom. The van der Waals surface area contributed by atoms with E-state index in [1.54, 1.807) is 0 Å². The van der Waals surface area contributed by atoms with Crippen LogP contribution in [-0.4, -0.2) is 12.1 Å². The molecule has 1 saturated carbocycles. The highest BCUT2D eigenvalue weighted by atomic mass is 79.9. The van der Waals surface area contributed by atoms with E-state index in [0.717, 1.165) is 16.6 Å². The number of nitrogens with two attached hydrogens (primary N) is 1. The van der Waals surface area contributed by atoms with Crippen LogP contribution < -0.4 is 11.1 Å². The molecule has 1 aliphatic carbocycles. The van der Waals surface area contributed by atoms with Crippen LogP contribution >= 0.6 is 15.9 Å². The van der Waals surface area contributed by atoms with Crippen LogP contribution in [0, 0.1) is 18.3 Å². The van der Waals surface area contributed by atoms with Crippen molar-refractivity contribution >= 4 is 21.6 Å². The molecule has 3 N–H and O–H groups in total. The molecule has 1 aromatic rings. The fourth-order valence-electron chi connectivity index (χ4n) is 3.62. The zero-order valence-corrected chi connectivity index (χ0v) is 14.0. The molecule has 2 rings (SSSR count). The molecule has 2 nitrogen and oxygen atoms in total. The van der Waals surface area contributed by atoms with E-state index in [-0.39, 0.29) is 5.54 Å². The molecule has 2 atom stereocenters. The standard InChI is InChI=1S/C16H25BrN2/c1-11-5-6-13(17)14(7-11)19-16(10-18)9-15(3,4)8-12(16)2/h5-7,12,19H,8-10,18H2,1-4H3. The average Bonchev–Trinajstić information content (AvgIpc) is 2.54. The van der Waals surface area contributed by atoms with Crippen molar-refractivity contribution in [2.75, 3.05) is 11.9 Å². The van der Waals surface area contributed by atoms with Crippen LogP contribution in [0.4, 0.5) is 5.69 Å². The topological polar surface area (TPSA) is 38.0 Å². The molecule has 0 heterocycles. The van der Waals surface area contributed by atoms with Gasteiger partial charge in [0, 0.05) is 16.7 Å². The van der Waals surface area contributed by atoms with Crippen LogP contribution in [0.1, 0.15) is 39.2 Å². The molecule has 0 aliphatic heterocycles. The maximum Gasteiger partial charge on any atom is 0.0526 e. The Kier molecular flexibility index (Phi) is 3.99. The minimum Gasteiger partial charge on any atom is -0.377 e. The number of rotatable bonds is 3. The Hall–Kier alpha value is -0.540. The van der Waals surface area contributed by atoms with Gasteiger partial charge >= 0.3 is 0 Å². The number of anilines is 1. The molecule has 19 heavy (non-hydrogen) atoms. The second-order valence-electron chi connectivity index (χ2n) is 6.91. The van der Waals surface area contributed by atoms with Gasteiger partial charge in [-0.2, -0.15) is 0 Å². The molecule has 3 heteroatoms. The number of hydrogen-bond acceptors (Lipinski definition) is 2. The first-order valence-electron chi connectivity index (χ1n) is 7.02. The predicted molar refractivity (Wildman–Crippen MR) is 86.5 cm³/mol. The van der Waals surface area contributed by atoms with E-state index in [0.29, 0.717) is 17.9 Å². The Bertz CT molecular complexity index is 470. The molecule has 0 saturated heterocycles. The number of nitrogens with one attached hydrogen (secondary N) is 1. The summed E-state index contributed by atoms with van der Waals surface area (Å²) in [6, 6.07) is 6.42. The molecular weight excluding hydrogens is 300 g/mol. The quantitative estimate of drug-likeness (QED) is 0.868. The predicted octanol–water partition coefficient (Wildman–Crippen LogP) is 4.32. The largest absolute Gasteiger partial charge is 0.377 e. The molecule has 1 fully saturated rings. The third-order valence-corrected chi connectivity index (χ3v) is 5.16. The third-order valence-electron chi connectivity index (χ3n) is 4.47. The van der Waals surface area contributed by atoms with Gasteiger partial charge in [-0.15, -0.1) is 0 Å². The SMILES string of the molecule is Cc1ccc(Br)c(NC2(CN)CC(C)(C)CC2C)c1. The number of aryl methyl sites for hydroxylation is 1. The molecule has 0 bridgehead atoms. The molecule has 1 aliphatic rings. The number of hydrogen-bond donors (Lipinski definition) is 2. The highest BCUT2D eigenvalue weighted by Crippen LogP contribution is 2.49. The maximum absolute atomic E-state index is 6.14. The van der Waals surface area contributed by atoms with E-state index < -0.39 is 0 Å². The van der Waals surface area contributed by atoms with E-state index in [4.69, 9.17) is 5.73 Å². The molecule has 0 amide bonds. The summed E-state index contributed by atoms with van der Waals surface area (Å²) in [7, 11) is 0. The second kappa shape index (κ2) is 5.10. The minimum atomic E-state index is 0.0137. The fourth-order valence-corrected chi connectivity index (χ4v) is 3.97. The van der Waals surface area contributed by atoms with Gasteiger partial charge in [0.1, 0.15) is 0 Å². The van der Waals surface area contributed by atoms with Gasteiger partial charge in [-0.3, -0.25) is 0 Å². The lowest BCUT2D eigenvalue weighted by molar-refractivity contribution is 0.350. The molecule has 106 valence electrons. The van der Waals surface area contributed by atoms with Crippen molar-refractivity contribution < 1.29 is 0 Å². The van der Waals surface area contributed by atoms with Gasteiger partial charge in [-0.05, 0) is 64.7 Å². The zero-order chi connectivity index (χ0) is 14.3. The first kappa shape index (κ1) is 14.9. The van der Waals surface area contributed by atoms with Gasteiger partial charge in [-0.1, -0.05) is 26.8 Å². The van der Waals surface area contributed by atoms with Crippen LogP contribution in [0.15, 0.2) is 22.7 Å². The smallest absolute Gasteiger partial charge is 0.0526 e. The summed E-state index contributed by atoms with van der Waals surface area (Å²) in [6.45, 7) is 9.80. The molecule has 0 spiro atoms. The third kappa shape index (κ3) is 2.97. The van der Waals surface area contributed by atoms with Gasteiger partial charge < -0.3 is 11.1 Å². The highest BCUT2D eigenvalue weighted by Gasteiger charge is 2.47. The molecule has 0 radical (unpaired) electrons. The lowest BCUT2D eigenvalue weighted by Gasteiger charge is -2.36. The second-order valence-corrected chi connectivity index (χ2v) is 7.77. The van der Waals surface area contributed by atoms with E-state index in [2.05, 4.69) is 67.1 Å².